The van der Waals surface area contributed by atoms with Crippen molar-refractivity contribution in [2.45, 2.75) is 25.5 Å². The molecule has 9 heteroatoms. The second-order valence-corrected chi connectivity index (χ2v) is 7.47. The van der Waals surface area contributed by atoms with Crippen molar-refractivity contribution >= 4 is 17.3 Å². The van der Waals surface area contributed by atoms with Gasteiger partial charge in [-0.1, -0.05) is 6.07 Å². The van der Waals surface area contributed by atoms with E-state index in [0.717, 1.165) is 25.0 Å². The van der Waals surface area contributed by atoms with Crippen LogP contribution in [0.4, 0.5) is 11.4 Å². The number of nitro groups is 1. The van der Waals surface area contributed by atoms with Gasteiger partial charge in [-0.2, -0.15) is 0 Å². The normalized spacial score (nSPS) is 15.4. The fraction of sp³-hybridized carbons (Fsp3) is 0.409. The number of nitrogens with one attached hydrogen (secondary N) is 1. The maximum atomic E-state index is 12.8. The Balaban J connectivity index is 1.68. The Kier molecular flexibility index (Phi) is 7.30. The van der Waals surface area contributed by atoms with E-state index >= 15 is 0 Å². The van der Waals surface area contributed by atoms with Crippen LogP contribution in [0.2, 0.25) is 0 Å². The molecule has 0 spiro atoms. The fourth-order valence-corrected chi connectivity index (χ4v) is 3.39. The zero-order valence-corrected chi connectivity index (χ0v) is 17.9. The van der Waals surface area contributed by atoms with Crippen LogP contribution in [-0.2, 0) is 11.3 Å². The number of anilines is 1. The maximum absolute atomic E-state index is 12.8. The largest absolute Gasteiger partial charge is 0.493 e. The summed E-state index contributed by atoms with van der Waals surface area (Å²) >= 11 is 0. The van der Waals surface area contributed by atoms with Crippen LogP contribution in [0, 0.1) is 10.1 Å². The van der Waals surface area contributed by atoms with Gasteiger partial charge in [0.25, 0.3) is 11.6 Å². The molecule has 166 valence electrons. The van der Waals surface area contributed by atoms with Gasteiger partial charge < -0.3 is 24.4 Å². The molecule has 1 amide bonds. The van der Waals surface area contributed by atoms with Crippen LogP contribution in [0.5, 0.6) is 11.5 Å². The van der Waals surface area contributed by atoms with E-state index in [9.17, 15) is 14.9 Å². The molecule has 2 aromatic carbocycles. The lowest BCUT2D eigenvalue weighted by Crippen LogP contribution is -2.25. The molecule has 1 aliphatic rings. The van der Waals surface area contributed by atoms with Crippen LogP contribution >= 0.6 is 0 Å². The van der Waals surface area contributed by atoms with Crippen LogP contribution in [0.1, 0.15) is 28.8 Å². The Morgan fingerprint density at radius 2 is 2.06 bits per heavy atom. The van der Waals surface area contributed by atoms with Crippen molar-refractivity contribution in [2.75, 3.05) is 39.3 Å². The van der Waals surface area contributed by atoms with Gasteiger partial charge in [0.1, 0.15) is 6.61 Å². The molecule has 1 fully saturated rings. The summed E-state index contributed by atoms with van der Waals surface area (Å²) in [5.74, 6) is 0.779. The molecule has 1 saturated heterocycles. The fourth-order valence-electron chi connectivity index (χ4n) is 3.39. The second-order valence-electron chi connectivity index (χ2n) is 7.47. The lowest BCUT2D eigenvalue weighted by Gasteiger charge is -2.17. The molecule has 3 rings (SSSR count). The summed E-state index contributed by atoms with van der Waals surface area (Å²) in [6.45, 7) is 1.47. The molecular formula is C22H27N3O6. The van der Waals surface area contributed by atoms with Crippen molar-refractivity contribution in [3.05, 3.63) is 57.6 Å². The number of non-ortho nitro benzene ring substituents is 1. The number of rotatable bonds is 9. The van der Waals surface area contributed by atoms with E-state index in [2.05, 4.69) is 5.32 Å². The zero-order valence-electron chi connectivity index (χ0n) is 17.9. The van der Waals surface area contributed by atoms with Gasteiger partial charge in [0.2, 0.25) is 0 Å². The third-order valence-corrected chi connectivity index (χ3v) is 5.05. The molecule has 2 aromatic rings. The third kappa shape index (κ3) is 5.64. The highest BCUT2D eigenvalue weighted by molar-refractivity contribution is 6.00. The predicted octanol–water partition coefficient (Wildman–Crippen LogP) is 3.16. The Morgan fingerprint density at radius 3 is 2.71 bits per heavy atom. The first-order chi connectivity index (χ1) is 14.9. The number of benzene rings is 2. The number of nitro benzene ring substituents is 1. The first kappa shape index (κ1) is 22.4. The average molecular weight is 429 g/mol. The number of hydrogen-bond donors (Lipinski definition) is 1. The highest BCUT2D eigenvalue weighted by Crippen LogP contribution is 2.29. The predicted molar refractivity (Wildman–Crippen MR) is 116 cm³/mol. The third-order valence-electron chi connectivity index (χ3n) is 5.05. The molecule has 1 N–H and O–H groups in total. The van der Waals surface area contributed by atoms with Crippen molar-refractivity contribution in [1.82, 2.24) is 5.32 Å². The molecule has 1 atom stereocenters. The van der Waals surface area contributed by atoms with Gasteiger partial charge in [-0.3, -0.25) is 14.9 Å². The standard InChI is InChI=1S/C22H27N3O6/c1-24(2)19-8-7-16(25(27)28)12-18(19)22(26)23-13-15-6-9-20(21(11-15)29-3)31-14-17-5-4-10-30-17/h6-9,11-12,17H,4-5,10,13-14H2,1-3H3,(H,23,26). The minimum atomic E-state index is -0.517. The van der Waals surface area contributed by atoms with Gasteiger partial charge in [0.05, 0.1) is 23.7 Å². The number of amides is 1. The molecular weight excluding hydrogens is 402 g/mol. The summed E-state index contributed by atoms with van der Waals surface area (Å²) in [5, 5.41) is 13.9. The van der Waals surface area contributed by atoms with Crippen molar-refractivity contribution in [3.63, 3.8) is 0 Å². The van der Waals surface area contributed by atoms with E-state index in [1.165, 1.54) is 12.1 Å². The van der Waals surface area contributed by atoms with Crippen LogP contribution < -0.4 is 19.7 Å². The summed E-state index contributed by atoms with van der Waals surface area (Å²) < 4.78 is 16.8. The quantitative estimate of drug-likeness (QED) is 0.482. The van der Waals surface area contributed by atoms with Gasteiger partial charge >= 0.3 is 0 Å². The highest BCUT2D eigenvalue weighted by Gasteiger charge is 2.19. The van der Waals surface area contributed by atoms with Gasteiger partial charge in [0, 0.05) is 45.1 Å². The lowest BCUT2D eigenvalue weighted by molar-refractivity contribution is -0.384. The van der Waals surface area contributed by atoms with E-state index in [4.69, 9.17) is 14.2 Å². The van der Waals surface area contributed by atoms with Crippen LogP contribution in [0.3, 0.4) is 0 Å². The molecule has 1 unspecified atom stereocenters. The Morgan fingerprint density at radius 1 is 1.26 bits per heavy atom. The number of carbonyl (C=O) groups excluding carboxylic acids is 1. The van der Waals surface area contributed by atoms with Crippen molar-refractivity contribution in [3.8, 4) is 11.5 Å². The molecule has 1 aliphatic heterocycles. The number of hydrogen-bond acceptors (Lipinski definition) is 7. The van der Waals surface area contributed by atoms with E-state index in [0.29, 0.717) is 23.8 Å². The molecule has 0 saturated carbocycles. The first-order valence-corrected chi connectivity index (χ1v) is 10.0. The van der Waals surface area contributed by atoms with E-state index in [1.807, 2.05) is 6.07 Å². The molecule has 31 heavy (non-hydrogen) atoms. The zero-order chi connectivity index (χ0) is 22.4. The van der Waals surface area contributed by atoms with Crippen LogP contribution in [-0.4, -0.2) is 51.4 Å². The number of carbonyl (C=O) groups is 1. The molecule has 1 heterocycles. The van der Waals surface area contributed by atoms with Gasteiger partial charge in [-0.05, 0) is 36.6 Å². The van der Waals surface area contributed by atoms with Crippen LogP contribution in [0.15, 0.2) is 36.4 Å². The first-order valence-electron chi connectivity index (χ1n) is 10.0. The lowest BCUT2D eigenvalue weighted by atomic mass is 10.1. The van der Waals surface area contributed by atoms with Gasteiger partial charge in [-0.15, -0.1) is 0 Å². The average Bonchev–Trinajstić information content (AvgIpc) is 3.29. The number of methoxy groups -OCH3 is 1. The highest BCUT2D eigenvalue weighted by atomic mass is 16.6. The second kappa shape index (κ2) is 10.1. The summed E-state index contributed by atoms with van der Waals surface area (Å²) in [7, 11) is 5.11. The molecule has 0 radical (unpaired) electrons. The monoisotopic (exact) mass is 429 g/mol. The maximum Gasteiger partial charge on any atom is 0.270 e. The summed E-state index contributed by atoms with van der Waals surface area (Å²) in [4.78, 5) is 25.1. The Hall–Kier alpha value is -3.33. The van der Waals surface area contributed by atoms with E-state index < -0.39 is 10.8 Å². The summed E-state index contributed by atoms with van der Waals surface area (Å²) in [6, 6.07) is 9.67. The van der Waals surface area contributed by atoms with Crippen molar-refractivity contribution in [1.29, 1.82) is 0 Å². The smallest absolute Gasteiger partial charge is 0.270 e. The van der Waals surface area contributed by atoms with Gasteiger partial charge in [-0.25, -0.2) is 0 Å². The Bertz CT molecular complexity index is 941. The molecule has 0 aromatic heterocycles. The van der Waals surface area contributed by atoms with E-state index in [-0.39, 0.29) is 23.9 Å². The van der Waals surface area contributed by atoms with Crippen molar-refractivity contribution in [2.24, 2.45) is 0 Å². The van der Waals surface area contributed by atoms with Gasteiger partial charge in [0.15, 0.2) is 11.5 Å². The summed E-state index contributed by atoms with van der Waals surface area (Å²) in [5.41, 5.74) is 1.51. The van der Waals surface area contributed by atoms with Crippen LogP contribution in [0.25, 0.3) is 0 Å². The molecule has 9 nitrogen and oxygen atoms in total. The molecule has 0 bridgehead atoms. The summed E-state index contributed by atoms with van der Waals surface area (Å²) in [6.07, 6.45) is 2.13. The number of nitrogens with zero attached hydrogens (tertiary/aromatic N) is 2. The SMILES string of the molecule is COc1cc(CNC(=O)c2cc([N+](=O)[O-])ccc2N(C)C)ccc1OCC1CCCO1. The minimum Gasteiger partial charge on any atom is -0.493 e. The van der Waals surface area contributed by atoms with E-state index in [1.54, 1.807) is 44.3 Å². The topological polar surface area (TPSA) is 103 Å². The molecule has 0 aliphatic carbocycles. The minimum absolute atomic E-state index is 0.101. The van der Waals surface area contributed by atoms with Crippen molar-refractivity contribution < 1.29 is 23.9 Å². The number of ether oxygens (including phenoxy) is 3. The Labute approximate surface area is 181 Å².